The summed E-state index contributed by atoms with van der Waals surface area (Å²) >= 11 is 0. The van der Waals surface area contributed by atoms with Gasteiger partial charge in [0.15, 0.2) is 0 Å². The SMILES string of the molecule is COC(=O)C(C)(Cc1ccccc1F)NCCCN=[N+]=[N-]. The maximum Gasteiger partial charge on any atom is 0.326 e. The zero-order valence-electron chi connectivity index (χ0n) is 12.2. The number of carbonyl (C=O) groups is 1. The topological polar surface area (TPSA) is 87.1 Å². The molecule has 0 aromatic heterocycles. The molecule has 7 heteroatoms. The second-order valence-electron chi connectivity index (χ2n) is 4.83. The number of ether oxygens (including phenoxy) is 1. The highest BCUT2D eigenvalue weighted by Crippen LogP contribution is 2.17. The smallest absolute Gasteiger partial charge is 0.326 e. The van der Waals surface area contributed by atoms with Gasteiger partial charge in [-0.2, -0.15) is 0 Å². The minimum atomic E-state index is -1.03. The second kappa shape index (κ2) is 8.24. The van der Waals surface area contributed by atoms with Gasteiger partial charge in [0.1, 0.15) is 11.4 Å². The standard InChI is InChI=1S/C14H19FN4O2/c1-14(13(20)21-2,17-8-5-9-18-19-16)10-11-6-3-4-7-12(11)15/h3-4,6-7,17H,5,8-10H2,1-2H3. The first-order valence-corrected chi connectivity index (χ1v) is 6.61. The number of methoxy groups -OCH3 is 1. The van der Waals surface area contributed by atoms with Crippen LogP contribution in [-0.4, -0.2) is 31.7 Å². The zero-order chi connectivity index (χ0) is 15.7. The third-order valence-electron chi connectivity index (χ3n) is 3.15. The molecule has 1 aromatic carbocycles. The van der Waals surface area contributed by atoms with Crippen LogP contribution in [0.1, 0.15) is 18.9 Å². The van der Waals surface area contributed by atoms with Crippen molar-refractivity contribution in [2.24, 2.45) is 5.11 Å². The van der Waals surface area contributed by atoms with Crippen LogP contribution in [0.4, 0.5) is 4.39 Å². The molecule has 21 heavy (non-hydrogen) atoms. The number of carbonyl (C=O) groups excluding carboxylic acids is 1. The van der Waals surface area contributed by atoms with Gasteiger partial charge in [0.05, 0.1) is 7.11 Å². The lowest BCUT2D eigenvalue weighted by atomic mass is 9.92. The van der Waals surface area contributed by atoms with Crippen LogP contribution in [0.25, 0.3) is 10.4 Å². The van der Waals surface area contributed by atoms with Gasteiger partial charge in [0.2, 0.25) is 0 Å². The number of nitrogens with zero attached hydrogens (tertiary/aromatic N) is 3. The number of halogens is 1. The van der Waals surface area contributed by atoms with Gasteiger partial charge in [-0.15, -0.1) is 0 Å². The molecule has 114 valence electrons. The van der Waals surface area contributed by atoms with Crippen LogP contribution in [0.3, 0.4) is 0 Å². The van der Waals surface area contributed by atoms with E-state index in [1.807, 2.05) is 0 Å². The molecule has 0 aliphatic heterocycles. The van der Waals surface area contributed by atoms with Gasteiger partial charge in [-0.3, -0.25) is 4.79 Å². The Bertz CT molecular complexity index is 531. The van der Waals surface area contributed by atoms with Crippen LogP contribution >= 0.6 is 0 Å². The van der Waals surface area contributed by atoms with E-state index in [4.69, 9.17) is 10.3 Å². The van der Waals surface area contributed by atoms with Crippen LogP contribution < -0.4 is 5.32 Å². The maximum atomic E-state index is 13.7. The quantitative estimate of drug-likeness (QED) is 0.263. The fourth-order valence-corrected chi connectivity index (χ4v) is 2.01. The van der Waals surface area contributed by atoms with E-state index in [9.17, 15) is 9.18 Å². The summed E-state index contributed by atoms with van der Waals surface area (Å²) < 4.78 is 18.5. The molecular weight excluding hydrogens is 275 g/mol. The highest BCUT2D eigenvalue weighted by atomic mass is 19.1. The molecule has 0 fully saturated rings. The Morgan fingerprint density at radius 2 is 2.24 bits per heavy atom. The molecule has 0 bridgehead atoms. The summed E-state index contributed by atoms with van der Waals surface area (Å²) in [6, 6.07) is 6.31. The van der Waals surface area contributed by atoms with Gasteiger partial charge in [-0.05, 0) is 37.1 Å². The van der Waals surface area contributed by atoms with Crippen LogP contribution in [0.5, 0.6) is 0 Å². The van der Waals surface area contributed by atoms with Gasteiger partial charge in [-0.25, -0.2) is 4.39 Å². The molecule has 1 aromatic rings. The van der Waals surface area contributed by atoms with Crippen molar-refractivity contribution in [1.29, 1.82) is 0 Å². The number of benzene rings is 1. The maximum absolute atomic E-state index is 13.7. The molecule has 1 rings (SSSR count). The Morgan fingerprint density at radius 1 is 1.52 bits per heavy atom. The molecule has 0 saturated carbocycles. The minimum absolute atomic E-state index is 0.174. The fourth-order valence-electron chi connectivity index (χ4n) is 2.01. The lowest BCUT2D eigenvalue weighted by Crippen LogP contribution is -2.52. The molecule has 0 aliphatic rings. The molecular formula is C14H19FN4O2. The molecule has 0 amide bonds. The Morgan fingerprint density at radius 3 is 2.86 bits per heavy atom. The van der Waals surface area contributed by atoms with Gasteiger partial charge < -0.3 is 10.1 Å². The number of nitrogens with one attached hydrogen (secondary N) is 1. The number of hydrogen-bond acceptors (Lipinski definition) is 4. The number of hydrogen-bond donors (Lipinski definition) is 1. The molecule has 0 spiro atoms. The average Bonchev–Trinajstić information content (AvgIpc) is 2.48. The average molecular weight is 294 g/mol. The molecule has 6 nitrogen and oxygen atoms in total. The minimum Gasteiger partial charge on any atom is -0.468 e. The highest BCUT2D eigenvalue weighted by Gasteiger charge is 2.34. The van der Waals surface area contributed by atoms with Crippen molar-refractivity contribution < 1.29 is 13.9 Å². The van der Waals surface area contributed by atoms with Gasteiger partial charge >= 0.3 is 5.97 Å². The zero-order valence-corrected chi connectivity index (χ0v) is 12.2. The van der Waals surface area contributed by atoms with Crippen LogP contribution in [0.2, 0.25) is 0 Å². The van der Waals surface area contributed by atoms with E-state index >= 15 is 0 Å². The Balaban J connectivity index is 2.76. The summed E-state index contributed by atoms with van der Waals surface area (Å²) in [7, 11) is 1.30. The highest BCUT2D eigenvalue weighted by molar-refractivity contribution is 5.80. The molecule has 0 heterocycles. The summed E-state index contributed by atoms with van der Waals surface area (Å²) in [4.78, 5) is 14.6. The van der Waals surface area contributed by atoms with Crippen molar-refractivity contribution in [2.75, 3.05) is 20.2 Å². The molecule has 1 atom stereocenters. The number of esters is 1. The normalized spacial score (nSPS) is 13.1. The summed E-state index contributed by atoms with van der Waals surface area (Å²) in [6.45, 7) is 2.46. The van der Waals surface area contributed by atoms with Crippen molar-refractivity contribution in [1.82, 2.24) is 5.32 Å². The van der Waals surface area contributed by atoms with Gasteiger partial charge in [-0.1, -0.05) is 23.3 Å². The van der Waals surface area contributed by atoms with Crippen LogP contribution in [0.15, 0.2) is 29.4 Å². The number of rotatable bonds is 8. The molecule has 1 N–H and O–H groups in total. The van der Waals surface area contributed by atoms with E-state index in [2.05, 4.69) is 15.3 Å². The summed E-state index contributed by atoms with van der Waals surface area (Å²) in [5, 5.41) is 6.48. The molecule has 0 aliphatic carbocycles. The number of azide groups is 1. The first-order valence-electron chi connectivity index (χ1n) is 6.61. The van der Waals surface area contributed by atoms with Gasteiger partial charge in [0, 0.05) is 17.9 Å². The first-order chi connectivity index (χ1) is 10.0. The summed E-state index contributed by atoms with van der Waals surface area (Å²) in [6.07, 6.45) is 0.752. The molecule has 1 unspecified atom stereocenters. The van der Waals surface area contributed by atoms with Crippen molar-refractivity contribution in [3.63, 3.8) is 0 Å². The van der Waals surface area contributed by atoms with Crippen molar-refractivity contribution >= 4 is 5.97 Å². The largest absolute Gasteiger partial charge is 0.468 e. The fraction of sp³-hybridized carbons (Fsp3) is 0.500. The molecule has 0 radical (unpaired) electrons. The predicted octanol–water partition coefficient (Wildman–Crippen LogP) is 2.59. The van der Waals surface area contributed by atoms with Crippen molar-refractivity contribution in [2.45, 2.75) is 25.3 Å². The third kappa shape index (κ3) is 5.06. The molecule has 0 saturated heterocycles. The predicted molar refractivity (Wildman–Crippen MR) is 77.2 cm³/mol. The monoisotopic (exact) mass is 294 g/mol. The van der Waals surface area contributed by atoms with Crippen LogP contribution in [0, 0.1) is 5.82 Å². The van der Waals surface area contributed by atoms with E-state index in [-0.39, 0.29) is 12.2 Å². The van der Waals surface area contributed by atoms with Crippen molar-refractivity contribution in [3.05, 3.63) is 46.1 Å². The first kappa shape index (κ1) is 16.9. The second-order valence-corrected chi connectivity index (χ2v) is 4.83. The van der Waals surface area contributed by atoms with Gasteiger partial charge in [0.25, 0.3) is 0 Å². The van der Waals surface area contributed by atoms with Crippen LogP contribution in [-0.2, 0) is 16.0 Å². The van der Waals surface area contributed by atoms with E-state index in [1.54, 1.807) is 25.1 Å². The van der Waals surface area contributed by atoms with E-state index < -0.39 is 11.5 Å². The Labute approximate surface area is 122 Å². The lowest BCUT2D eigenvalue weighted by molar-refractivity contribution is -0.147. The summed E-state index contributed by atoms with van der Waals surface area (Å²) in [5.41, 5.74) is 7.60. The Kier molecular flexibility index (Phi) is 6.65. The third-order valence-corrected chi connectivity index (χ3v) is 3.15. The van der Waals surface area contributed by atoms with E-state index in [1.165, 1.54) is 13.2 Å². The Hall–Kier alpha value is -2.11. The lowest BCUT2D eigenvalue weighted by Gasteiger charge is -2.28. The van der Waals surface area contributed by atoms with E-state index in [0.717, 1.165) is 0 Å². The van der Waals surface area contributed by atoms with Crippen molar-refractivity contribution in [3.8, 4) is 0 Å². The van der Waals surface area contributed by atoms with E-state index in [0.29, 0.717) is 25.1 Å². The summed E-state index contributed by atoms with van der Waals surface area (Å²) in [5.74, 6) is -0.821.